The van der Waals surface area contributed by atoms with Crippen LogP contribution in [0.15, 0.2) is 67.0 Å². The summed E-state index contributed by atoms with van der Waals surface area (Å²) in [6, 6.07) is 18.2. The quantitative estimate of drug-likeness (QED) is 0.746. The lowest BCUT2D eigenvalue weighted by atomic mass is 10.2. The van der Waals surface area contributed by atoms with Gasteiger partial charge in [-0.2, -0.15) is 0 Å². The van der Waals surface area contributed by atoms with E-state index in [1.54, 1.807) is 24.3 Å². The van der Waals surface area contributed by atoms with Crippen molar-refractivity contribution < 1.29 is 9.90 Å². The van der Waals surface area contributed by atoms with Crippen molar-refractivity contribution in [1.29, 1.82) is 0 Å². The highest BCUT2D eigenvalue weighted by Gasteiger charge is 2.07. The van der Waals surface area contributed by atoms with Crippen LogP contribution in [-0.4, -0.2) is 28.1 Å². The van der Waals surface area contributed by atoms with E-state index in [1.165, 1.54) is 6.33 Å². The molecule has 120 valence electrons. The van der Waals surface area contributed by atoms with Crippen LogP contribution in [0.5, 0.6) is 0 Å². The summed E-state index contributed by atoms with van der Waals surface area (Å²) >= 11 is 0. The van der Waals surface area contributed by atoms with Crippen LogP contribution >= 0.6 is 0 Å². The number of carboxylic acid groups (broad SMARTS) is 1. The predicted octanol–water partition coefficient (Wildman–Crippen LogP) is 3.69. The normalized spacial score (nSPS) is 10.2. The Morgan fingerprint density at radius 1 is 1.04 bits per heavy atom. The Balaban J connectivity index is 1.79. The Morgan fingerprint density at radius 3 is 2.42 bits per heavy atom. The summed E-state index contributed by atoms with van der Waals surface area (Å²) in [5, 5.41) is 12.1. The molecule has 6 nitrogen and oxygen atoms in total. The van der Waals surface area contributed by atoms with Crippen molar-refractivity contribution >= 4 is 29.0 Å². The van der Waals surface area contributed by atoms with Gasteiger partial charge in [0.1, 0.15) is 18.0 Å². The summed E-state index contributed by atoms with van der Waals surface area (Å²) in [5.41, 5.74) is 2.02. The number of hydrogen-bond acceptors (Lipinski definition) is 5. The molecular formula is C18H16N4O2. The van der Waals surface area contributed by atoms with E-state index < -0.39 is 5.97 Å². The van der Waals surface area contributed by atoms with E-state index >= 15 is 0 Å². The van der Waals surface area contributed by atoms with Crippen LogP contribution in [0.25, 0.3) is 0 Å². The van der Waals surface area contributed by atoms with Gasteiger partial charge in [-0.25, -0.2) is 14.8 Å². The summed E-state index contributed by atoms with van der Waals surface area (Å²) in [6.45, 7) is 0. The molecule has 2 N–H and O–H groups in total. The van der Waals surface area contributed by atoms with E-state index in [-0.39, 0.29) is 5.56 Å². The van der Waals surface area contributed by atoms with Crippen LogP contribution in [0.1, 0.15) is 10.4 Å². The first-order chi connectivity index (χ1) is 11.6. The minimum Gasteiger partial charge on any atom is -0.478 e. The number of nitrogens with zero attached hydrogens (tertiary/aromatic N) is 3. The Bertz CT molecular complexity index is 835. The Labute approximate surface area is 139 Å². The first kappa shape index (κ1) is 15.5. The molecule has 6 heteroatoms. The molecule has 0 atom stereocenters. The molecule has 2 aromatic carbocycles. The standard InChI is InChI=1S/C18H16N4O2/c1-22(15-5-3-2-4-6-15)17-11-16(19-12-20-17)21-14-9-7-13(8-10-14)18(23)24/h2-12H,1H3,(H,23,24)(H,19,20,21). The summed E-state index contributed by atoms with van der Waals surface area (Å²) in [4.78, 5) is 21.3. The summed E-state index contributed by atoms with van der Waals surface area (Å²) in [6.07, 6.45) is 1.49. The van der Waals surface area contributed by atoms with Gasteiger partial charge in [-0.15, -0.1) is 0 Å². The van der Waals surface area contributed by atoms with Gasteiger partial charge in [-0.1, -0.05) is 18.2 Å². The van der Waals surface area contributed by atoms with Gasteiger partial charge in [0, 0.05) is 24.5 Å². The van der Waals surface area contributed by atoms with Crippen molar-refractivity contribution in [2.75, 3.05) is 17.3 Å². The second-order valence-corrected chi connectivity index (χ2v) is 5.16. The molecule has 0 saturated carbocycles. The summed E-state index contributed by atoms with van der Waals surface area (Å²) < 4.78 is 0. The van der Waals surface area contributed by atoms with Gasteiger partial charge in [0.05, 0.1) is 5.56 Å². The van der Waals surface area contributed by atoms with Crippen LogP contribution in [0.3, 0.4) is 0 Å². The average molecular weight is 320 g/mol. The smallest absolute Gasteiger partial charge is 0.335 e. The van der Waals surface area contributed by atoms with E-state index in [0.29, 0.717) is 5.82 Å². The molecule has 0 fully saturated rings. The molecule has 0 spiro atoms. The molecule has 0 amide bonds. The first-order valence-corrected chi connectivity index (χ1v) is 7.35. The SMILES string of the molecule is CN(c1ccccc1)c1cc(Nc2ccc(C(=O)O)cc2)ncn1. The fourth-order valence-electron chi connectivity index (χ4n) is 2.23. The topological polar surface area (TPSA) is 78.4 Å². The van der Waals surface area contributed by atoms with Gasteiger partial charge < -0.3 is 15.3 Å². The van der Waals surface area contributed by atoms with Crippen LogP contribution in [-0.2, 0) is 0 Å². The number of carboxylic acids is 1. The zero-order valence-corrected chi connectivity index (χ0v) is 13.0. The van der Waals surface area contributed by atoms with Crippen molar-refractivity contribution in [3.05, 3.63) is 72.6 Å². The molecule has 1 aromatic heterocycles. The van der Waals surface area contributed by atoms with E-state index in [1.807, 2.05) is 48.3 Å². The van der Waals surface area contributed by atoms with Crippen LogP contribution in [0.4, 0.5) is 23.0 Å². The monoisotopic (exact) mass is 320 g/mol. The third-order valence-electron chi connectivity index (χ3n) is 3.54. The number of carbonyl (C=O) groups is 1. The van der Waals surface area contributed by atoms with Crippen molar-refractivity contribution in [3.8, 4) is 0 Å². The maximum absolute atomic E-state index is 10.9. The number of benzene rings is 2. The number of aromatic carboxylic acids is 1. The lowest BCUT2D eigenvalue weighted by molar-refractivity contribution is 0.0697. The molecule has 0 aliphatic carbocycles. The van der Waals surface area contributed by atoms with Gasteiger partial charge in [0.2, 0.25) is 0 Å². The van der Waals surface area contributed by atoms with Gasteiger partial charge in [-0.05, 0) is 36.4 Å². The van der Waals surface area contributed by atoms with E-state index in [9.17, 15) is 4.79 Å². The molecule has 24 heavy (non-hydrogen) atoms. The van der Waals surface area contributed by atoms with Crippen LogP contribution < -0.4 is 10.2 Å². The largest absolute Gasteiger partial charge is 0.478 e. The zero-order chi connectivity index (χ0) is 16.9. The van der Waals surface area contributed by atoms with Crippen molar-refractivity contribution in [1.82, 2.24) is 9.97 Å². The number of anilines is 4. The van der Waals surface area contributed by atoms with E-state index in [4.69, 9.17) is 5.11 Å². The maximum Gasteiger partial charge on any atom is 0.335 e. The highest BCUT2D eigenvalue weighted by Crippen LogP contribution is 2.23. The molecule has 0 radical (unpaired) electrons. The number of para-hydroxylation sites is 1. The molecule has 0 bridgehead atoms. The number of rotatable bonds is 5. The van der Waals surface area contributed by atoms with E-state index in [0.717, 1.165) is 17.2 Å². The lowest BCUT2D eigenvalue weighted by Crippen LogP contribution is -2.11. The van der Waals surface area contributed by atoms with Crippen molar-refractivity contribution in [2.24, 2.45) is 0 Å². The van der Waals surface area contributed by atoms with Gasteiger partial charge in [-0.3, -0.25) is 0 Å². The second kappa shape index (κ2) is 6.78. The van der Waals surface area contributed by atoms with E-state index in [2.05, 4.69) is 15.3 Å². The average Bonchev–Trinajstić information content (AvgIpc) is 2.62. The predicted molar refractivity (Wildman–Crippen MR) is 93.2 cm³/mol. The van der Waals surface area contributed by atoms with Gasteiger partial charge >= 0.3 is 5.97 Å². The number of aromatic nitrogens is 2. The summed E-state index contributed by atoms with van der Waals surface area (Å²) in [7, 11) is 1.93. The van der Waals surface area contributed by atoms with Crippen LogP contribution in [0.2, 0.25) is 0 Å². The third kappa shape index (κ3) is 3.49. The van der Waals surface area contributed by atoms with Crippen molar-refractivity contribution in [2.45, 2.75) is 0 Å². The van der Waals surface area contributed by atoms with Gasteiger partial charge in [0.25, 0.3) is 0 Å². The number of hydrogen-bond donors (Lipinski definition) is 2. The molecular weight excluding hydrogens is 304 g/mol. The highest BCUT2D eigenvalue weighted by atomic mass is 16.4. The van der Waals surface area contributed by atoms with Crippen molar-refractivity contribution in [3.63, 3.8) is 0 Å². The maximum atomic E-state index is 10.9. The molecule has 3 rings (SSSR count). The van der Waals surface area contributed by atoms with Gasteiger partial charge in [0.15, 0.2) is 0 Å². The molecule has 3 aromatic rings. The Kier molecular flexibility index (Phi) is 4.38. The minimum atomic E-state index is -0.949. The minimum absolute atomic E-state index is 0.243. The highest BCUT2D eigenvalue weighted by molar-refractivity contribution is 5.88. The van der Waals surface area contributed by atoms with Crippen LogP contribution in [0, 0.1) is 0 Å². The molecule has 0 aliphatic rings. The Hall–Kier alpha value is -3.41. The third-order valence-corrected chi connectivity index (χ3v) is 3.54. The molecule has 0 saturated heterocycles. The second-order valence-electron chi connectivity index (χ2n) is 5.16. The first-order valence-electron chi connectivity index (χ1n) is 7.35. The zero-order valence-electron chi connectivity index (χ0n) is 13.0. The fraction of sp³-hybridized carbons (Fsp3) is 0.0556. The molecule has 1 heterocycles. The number of nitrogens with one attached hydrogen (secondary N) is 1. The fourth-order valence-corrected chi connectivity index (χ4v) is 2.23. The Morgan fingerprint density at radius 2 is 1.75 bits per heavy atom. The summed E-state index contributed by atoms with van der Waals surface area (Å²) in [5.74, 6) is 0.432. The molecule has 0 aliphatic heterocycles. The molecule has 0 unspecified atom stereocenters. The lowest BCUT2D eigenvalue weighted by Gasteiger charge is -2.18.